The van der Waals surface area contributed by atoms with Crippen molar-refractivity contribution in [3.8, 4) is 0 Å². The van der Waals surface area contributed by atoms with Crippen LogP contribution < -0.4 is 0 Å². The quantitative estimate of drug-likeness (QED) is 0.721. The third kappa shape index (κ3) is 1.74. The summed E-state index contributed by atoms with van der Waals surface area (Å²) in [6, 6.07) is 9.01. The second kappa shape index (κ2) is 4.81. The van der Waals surface area contributed by atoms with E-state index in [0.717, 1.165) is 25.8 Å². The molecule has 1 aliphatic carbocycles. The summed E-state index contributed by atoms with van der Waals surface area (Å²) in [5.41, 5.74) is 5.41. The molecule has 5 rings (SSSR count). The molecule has 1 fully saturated rings. The lowest BCUT2D eigenvalue weighted by atomic mass is 9.85. The summed E-state index contributed by atoms with van der Waals surface area (Å²) in [7, 11) is 0. The van der Waals surface area contributed by atoms with E-state index < -0.39 is 0 Å². The second-order valence-corrected chi connectivity index (χ2v) is 9.60. The van der Waals surface area contributed by atoms with Gasteiger partial charge in [0.2, 0.25) is 0 Å². The number of Topliss-reactive ketones (excluding diaryl/α,β-unsaturated/α-hetero) is 1. The molecule has 0 radical (unpaired) electrons. The van der Waals surface area contributed by atoms with Crippen molar-refractivity contribution in [3.05, 3.63) is 46.7 Å². The molecule has 1 saturated heterocycles. The number of carbonyl (C=O) groups is 1. The van der Waals surface area contributed by atoms with E-state index in [1.165, 1.54) is 33.9 Å². The van der Waals surface area contributed by atoms with Crippen molar-refractivity contribution >= 4 is 29.3 Å². The molecule has 114 valence electrons. The number of hydrogen-bond donors (Lipinski definition) is 0. The van der Waals surface area contributed by atoms with Crippen LogP contribution in [0.4, 0.5) is 0 Å². The lowest BCUT2D eigenvalue weighted by molar-refractivity contribution is -0.117. The first-order chi connectivity index (χ1) is 10.8. The highest BCUT2D eigenvalue weighted by Crippen LogP contribution is 2.60. The Bertz CT molecular complexity index is 690. The van der Waals surface area contributed by atoms with Gasteiger partial charge in [0.25, 0.3) is 0 Å². The Morgan fingerprint density at radius 3 is 2.82 bits per heavy atom. The highest BCUT2D eigenvalue weighted by atomic mass is 32.2. The maximum Gasteiger partial charge on any atom is 0.165 e. The SMILES string of the molecule is O=C1C[C@@H]2c3ccccc3CCN2C2=C1C1(CC2)SCCS1. The summed E-state index contributed by atoms with van der Waals surface area (Å²) >= 11 is 4.05. The number of fused-ring (bicyclic) bond motifs is 5. The number of thioether (sulfide) groups is 2. The minimum Gasteiger partial charge on any atom is -0.367 e. The van der Waals surface area contributed by atoms with E-state index in [1.54, 1.807) is 0 Å². The molecule has 0 N–H and O–H groups in total. The van der Waals surface area contributed by atoms with Gasteiger partial charge in [-0.05, 0) is 30.4 Å². The first-order valence-corrected chi connectivity index (χ1v) is 10.1. The van der Waals surface area contributed by atoms with Crippen LogP contribution in [0.3, 0.4) is 0 Å². The van der Waals surface area contributed by atoms with Gasteiger partial charge < -0.3 is 4.90 Å². The van der Waals surface area contributed by atoms with Crippen molar-refractivity contribution in [2.24, 2.45) is 0 Å². The summed E-state index contributed by atoms with van der Waals surface area (Å²) in [6.45, 7) is 1.08. The fourth-order valence-corrected chi connectivity index (χ4v) is 8.03. The molecule has 1 aromatic rings. The van der Waals surface area contributed by atoms with Crippen LogP contribution in [0.25, 0.3) is 0 Å². The molecule has 3 heterocycles. The average Bonchev–Trinajstić information content (AvgIpc) is 3.16. The van der Waals surface area contributed by atoms with Crippen molar-refractivity contribution < 1.29 is 4.79 Å². The number of allylic oxidation sites excluding steroid dienone is 1. The van der Waals surface area contributed by atoms with Gasteiger partial charge in [-0.3, -0.25) is 4.79 Å². The second-order valence-electron chi connectivity index (χ2n) is 6.56. The third-order valence-corrected chi connectivity index (χ3v) is 9.06. The average molecular weight is 329 g/mol. The molecule has 0 unspecified atom stereocenters. The predicted octanol–water partition coefficient (Wildman–Crippen LogP) is 3.78. The summed E-state index contributed by atoms with van der Waals surface area (Å²) in [6.07, 6.45) is 4.05. The summed E-state index contributed by atoms with van der Waals surface area (Å²) in [5, 5.41) is 0. The maximum absolute atomic E-state index is 13.0. The Balaban J connectivity index is 1.61. The van der Waals surface area contributed by atoms with Crippen molar-refractivity contribution in [2.75, 3.05) is 18.1 Å². The zero-order valence-corrected chi connectivity index (χ0v) is 14.1. The Kier molecular flexibility index (Phi) is 2.97. The minimum absolute atomic E-state index is 0.106. The van der Waals surface area contributed by atoms with Gasteiger partial charge in [-0.15, -0.1) is 23.5 Å². The van der Waals surface area contributed by atoms with Crippen LogP contribution in [0.15, 0.2) is 35.5 Å². The van der Waals surface area contributed by atoms with E-state index in [9.17, 15) is 4.79 Å². The number of benzene rings is 1. The van der Waals surface area contributed by atoms with Gasteiger partial charge in [0.1, 0.15) is 0 Å². The highest BCUT2D eigenvalue weighted by Gasteiger charge is 2.52. The molecule has 22 heavy (non-hydrogen) atoms. The molecule has 0 aromatic heterocycles. The lowest BCUT2D eigenvalue weighted by Crippen LogP contribution is -2.41. The Morgan fingerprint density at radius 1 is 1.14 bits per heavy atom. The van der Waals surface area contributed by atoms with E-state index >= 15 is 0 Å². The van der Waals surface area contributed by atoms with Crippen LogP contribution in [-0.4, -0.2) is 32.8 Å². The van der Waals surface area contributed by atoms with Crippen LogP contribution in [0.1, 0.15) is 36.4 Å². The largest absolute Gasteiger partial charge is 0.367 e. The molecule has 4 aliphatic rings. The van der Waals surface area contributed by atoms with Gasteiger partial charge in [-0.1, -0.05) is 24.3 Å². The molecule has 0 saturated carbocycles. The van der Waals surface area contributed by atoms with Gasteiger partial charge in [0, 0.05) is 35.7 Å². The molecular formula is C18H19NOS2. The Morgan fingerprint density at radius 2 is 1.95 bits per heavy atom. The molecule has 1 spiro atoms. The number of ketones is 1. The van der Waals surface area contributed by atoms with Gasteiger partial charge in [-0.2, -0.15) is 0 Å². The molecule has 4 heteroatoms. The van der Waals surface area contributed by atoms with Crippen LogP contribution in [-0.2, 0) is 11.2 Å². The number of rotatable bonds is 0. The zero-order chi connectivity index (χ0) is 14.7. The molecule has 1 aromatic carbocycles. The Hall–Kier alpha value is -0.870. The topological polar surface area (TPSA) is 20.3 Å². The molecule has 0 amide bonds. The standard InChI is InChI=1S/C18H19NOS2/c20-16-11-15-13-4-2-1-3-12(13)6-8-19(15)14-5-7-18(17(14)16)21-9-10-22-18/h1-4,15H,5-11H2/t15-/m1/s1. The van der Waals surface area contributed by atoms with Crippen molar-refractivity contribution in [2.45, 2.75) is 35.8 Å². The monoisotopic (exact) mass is 329 g/mol. The molecule has 0 bridgehead atoms. The third-order valence-electron chi connectivity index (χ3n) is 5.53. The first-order valence-electron chi connectivity index (χ1n) is 8.18. The fraction of sp³-hybridized carbons (Fsp3) is 0.500. The summed E-state index contributed by atoms with van der Waals surface area (Å²) < 4.78 is 0.106. The van der Waals surface area contributed by atoms with Gasteiger partial charge in [-0.25, -0.2) is 0 Å². The van der Waals surface area contributed by atoms with Gasteiger partial charge in [0.15, 0.2) is 5.78 Å². The normalized spacial score (nSPS) is 28.8. The molecule has 3 aliphatic heterocycles. The van der Waals surface area contributed by atoms with Crippen molar-refractivity contribution in [1.82, 2.24) is 4.90 Å². The van der Waals surface area contributed by atoms with Crippen molar-refractivity contribution in [3.63, 3.8) is 0 Å². The minimum atomic E-state index is 0.106. The van der Waals surface area contributed by atoms with Gasteiger partial charge in [0.05, 0.1) is 10.1 Å². The predicted molar refractivity (Wildman–Crippen MR) is 93.1 cm³/mol. The lowest BCUT2D eigenvalue weighted by Gasteiger charge is -2.43. The van der Waals surface area contributed by atoms with E-state index in [2.05, 4.69) is 29.2 Å². The number of hydrogen-bond acceptors (Lipinski definition) is 4. The van der Waals surface area contributed by atoms with Crippen molar-refractivity contribution in [1.29, 1.82) is 0 Å². The van der Waals surface area contributed by atoms with E-state index in [1.807, 2.05) is 23.5 Å². The van der Waals surface area contributed by atoms with Crippen LogP contribution in [0.2, 0.25) is 0 Å². The van der Waals surface area contributed by atoms with Crippen LogP contribution in [0, 0.1) is 0 Å². The van der Waals surface area contributed by atoms with E-state index in [-0.39, 0.29) is 4.08 Å². The summed E-state index contributed by atoms with van der Waals surface area (Å²) in [4.78, 5) is 15.6. The highest BCUT2D eigenvalue weighted by molar-refractivity contribution is 8.21. The fourth-order valence-electron chi connectivity index (χ4n) is 4.63. The molecular weight excluding hydrogens is 310 g/mol. The van der Waals surface area contributed by atoms with E-state index in [4.69, 9.17) is 0 Å². The summed E-state index contributed by atoms with van der Waals surface area (Å²) in [5.74, 6) is 2.81. The number of carbonyl (C=O) groups excluding carboxylic acids is 1. The van der Waals surface area contributed by atoms with Crippen LogP contribution >= 0.6 is 23.5 Å². The zero-order valence-electron chi connectivity index (χ0n) is 12.5. The molecule has 1 atom stereocenters. The van der Waals surface area contributed by atoms with Crippen LogP contribution in [0.5, 0.6) is 0 Å². The molecule has 2 nitrogen and oxygen atoms in total. The number of nitrogens with zero attached hydrogens (tertiary/aromatic N) is 1. The van der Waals surface area contributed by atoms with E-state index in [0.29, 0.717) is 18.2 Å². The smallest absolute Gasteiger partial charge is 0.165 e. The first kappa shape index (κ1) is 13.6. The Labute approximate surface area is 139 Å². The maximum atomic E-state index is 13.0. The van der Waals surface area contributed by atoms with Gasteiger partial charge >= 0.3 is 0 Å².